The average molecular weight is 338 g/mol. The molecule has 0 aliphatic heterocycles. The average Bonchev–Trinajstić information content (AvgIpc) is 2.64. The maximum Gasteiger partial charge on any atom is 0.332 e. The van der Waals surface area contributed by atoms with E-state index in [2.05, 4.69) is 4.98 Å². The predicted molar refractivity (Wildman–Crippen MR) is 90.1 cm³/mol. The zero-order valence-corrected chi connectivity index (χ0v) is 13.8. The van der Waals surface area contributed by atoms with Gasteiger partial charge in [0.1, 0.15) is 5.65 Å². The molecule has 0 aliphatic carbocycles. The SMILES string of the molecule is COC(=O)C(C#N)c1c2ccccc2nc2c1c(=O)n(C)c(=O)n2C. The number of methoxy groups -OCH3 is 1. The Hall–Kier alpha value is -3.47. The Bertz CT molecular complexity index is 1180. The zero-order chi connectivity index (χ0) is 18.3. The van der Waals surface area contributed by atoms with E-state index in [9.17, 15) is 19.6 Å². The number of rotatable bonds is 2. The summed E-state index contributed by atoms with van der Waals surface area (Å²) in [6, 6.07) is 8.72. The number of carbonyl (C=O) groups is 1. The van der Waals surface area contributed by atoms with Gasteiger partial charge in [-0.25, -0.2) is 9.78 Å². The molecule has 2 aromatic heterocycles. The van der Waals surface area contributed by atoms with Crippen molar-refractivity contribution in [3.8, 4) is 6.07 Å². The lowest BCUT2D eigenvalue weighted by Gasteiger charge is -2.15. The molecule has 25 heavy (non-hydrogen) atoms. The van der Waals surface area contributed by atoms with Gasteiger partial charge in [0.05, 0.1) is 24.1 Å². The molecule has 0 spiro atoms. The van der Waals surface area contributed by atoms with Crippen LogP contribution in [0, 0.1) is 11.3 Å². The van der Waals surface area contributed by atoms with Crippen LogP contribution in [0.3, 0.4) is 0 Å². The van der Waals surface area contributed by atoms with Crippen molar-refractivity contribution in [3.63, 3.8) is 0 Å². The quantitative estimate of drug-likeness (QED) is 0.499. The van der Waals surface area contributed by atoms with E-state index >= 15 is 0 Å². The first kappa shape index (κ1) is 16.4. The third-order valence-electron chi connectivity index (χ3n) is 4.18. The first-order valence-electron chi connectivity index (χ1n) is 7.38. The predicted octanol–water partition coefficient (Wildman–Crippen LogP) is 0.566. The molecule has 0 saturated carbocycles. The Morgan fingerprint density at radius 1 is 1.24 bits per heavy atom. The summed E-state index contributed by atoms with van der Waals surface area (Å²) in [5, 5.41) is 10.1. The van der Waals surface area contributed by atoms with Crippen LogP contribution in [0.1, 0.15) is 11.5 Å². The summed E-state index contributed by atoms with van der Waals surface area (Å²) in [4.78, 5) is 41.5. The number of ether oxygens (including phenoxy) is 1. The van der Waals surface area contributed by atoms with Gasteiger partial charge in [-0.1, -0.05) is 18.2 Å². The van der Waals surface area contributed by atoms with Crippen molar-refractivity contribution in [1.29, 1.82) is 5.26 Å². The van der Waals surface area contributed by atoms with E-state index < -0.39 is 23.1 Å². The standard InChI is InChI=1S/C17H14N4O4/c1-20-14-13(15(22)21(2)17(20)24)12(10(8-18)16(23)25-3)9-6-4-5-7-11(9)19-14/h4-7,10H,1-3H3. The molecule has 1 unspecified atom stereocenters. The van der Waals surface area contributed by atoms with E-state index in [0.717, 1.165) is 4.57 Å². The summed E-state index contributed by atoms with van der Waals surface area (Å²) in [6.45, 7) is 0. The highest BCUT2D eigenvalue weighted by Crippen LogP contribution is 2.30. The summed E-state index contributed by atoms with van der Waals surface area (Å²) < 4.78 is 6.87. The molecule has 8 heteroatoms. The number of para-hydroxylation sites is 1. The Labute approximate surface area is 141 Å². The number of nitrogens with zero attached hydrogens (tertiary/aromatic N) is 4. The first-order chi connectivity index (χ1) is 11.9. The topological polar surface area (TPSA) is 107 Å². The zero-order valence-electron chi connectivity index (χ0n) is 13.8. The van der Waals surface area contributed by atoms with Crippen LogP contribution >= 0.6 is 0 Å². The Kier molecular flexibility index (Phi) is 3.85. The van der Waals surface area contributed by atoms with Gasteiger partial charge in [0.25, 0.3) is 5.56 Å². The highest BCUT2D eigenvalue weighted by Gasteiger charge is 2.29. The van der Waals surface area contributed by atoms with Crippen LogP contribution in [-0.4, -0.2) is 27.2 Å². The molecule has 0 N–H and O–H groups in total. The molecule has 3 rings (SSSR count). The van der Waals surface area contributed by atoms with Gasteiger partial charge in [0.15, 0.2) is 5.92 Å². The lowest BCUT2D eigenvalue weighted by Crippen LogP contribution is -2.38. The van der Waals surface area contributed by atoms with Crippen molar-refractivity contribution in [2.24, 2.45) is 14.1 Å². The monoisotopic (exact) mass is 338 g/mol. The fourth-order valence-electron chi connectivity index (χ4n) is 2.90. The minimum Gasteiger partial charge on any atom is -0.468 e. The second-order valence-corrected chi connectivity index (χ2v) is 5.53. The molecule has 1 atom stereocenters. The maximum atomic E-state index is 12.7. The number of benzene rings is 1. The van der Waals surface area contributed by atoms with Gasteiger partial charge < -0.3 is 4.74 Å². The van der Waals surface area contributed by atoms with Crippen molar-refractivity contribution < 1.29 is 9.53 Å². The van der Waals surface area contributed by atoms with E-state index in [1.807, 2.05) is 6.07 Å². The van der Waals surface area contributed by atoms with Gasteiger partial charge in [0.2, 0.25) is 0 Å². The highest BCUT2D eigenvalue weighted by atomic mass is 16.5. The number of esters is 1. The van der Waals surface area contributed by atoms with Crippen LogP contribution in [-0.2, 0) is 23.6 Å². The number of carbonyl (C=O) groups excluding carboxylic acids is 1. The van der Waals surface area contributed by atoms with Gasteiger partial charge in [-0.15, -0.1) is 0 Å². The van der Waals surface area contributed by atoms with E-state index in [1.165, 1.54) is 25.8 Å². The fraction of sp³-hybridized carbons (Fsp3) is 0.235. The van der Waals surface area contributed by atoms with Crippen LogP contribution in [0.2, 0.25) is 0 Å². The lowest BCUT2D eigenvalue weighted by molar-refractivity contribution is -0.140. The van der Waals surface area contributed by atoms with E-state index in [1.54, 1.807) is 24.3 Å². The smallest absolute Gasteiger partial charge is 0.332 e. The van der Waals surface area contributed by atoms with Gasteiger partial charge in [0, 0.05) is 25.0 Å². The summed E-state index contributed by atoms with van der Waals surface area (Å²) in [5.41, 5.74) is -0.372. The molecule has 0 saturated heterocycles. The van der Waals surface area contributed by atoms with Gasteiger partial charge in [-0.05, 0) is 6.07 Å². The molecule has 2 heterocycles. The number of nitriles is 1. The maximum absolute atomic E-state index is 12.7. The third-order valence-corrected chi connectivity index (χ3v) is 4.18. The number of hydrogen-bond acceptors (Lipinski definition) is 6. The van der Waals surface area contributed by atoms with Crippen LogP contribution in [0.25, 0.3) is 21.9 Å². The largest absolute Gasteiger partial charge is 0.468 e. The van der Waals surface area contributed by atoms with Crippen LogP contribution in [0.5, 0.6) is 0 Å². The van der Waals surface area contributed by atoms with Crippen LogP contribution < -0.4 is 11.2 Å². The van der Waals surface area contributed by atoms with Crippen molar-refractivity contribution in [3.05, 3.63) is 50.7 Å². The molecule has 0 fully saturated rings. The molecule has 8 nitrogen and oxygen atoms in total. The number of pyridine rings is 1. The van der Waals surface area contributed by atoms with Crippen molar-refractivity contribution in [2.75, 3.05) is 7.11 Å². The number of fused-ring (bicyclic) bond motifs is 2. The number of aryl methyl sites for hydroxylation is 1. The van der Waals surface area contributed by atoms with Crippen molar-refractivity contribution in [1.82, 2.24) is 14.1 Å². The number of aromatic nitrogens is 3. The van der Waals surface area contributed by atoms with Gasteiger partial charge in [-0.2, -0.15) is 5.26 Å². The second-order valence-electron chi connectivity index (χ2n) is 5.53. The highest BCUT2D eigenvalue weighted by molar-refractivity contribution is 6.01. The molecule has 3 aromatic rings. The normalized spacial score (nSPS) is 12.1. The first-order valence-corrected chi connectivity index (χ1v) is 7.38. The summed E-state index contributed by atoms with van der Waals surface area (Å²) in [7, 11) is 3.99. The molecule has 0 bridgehead atoms. The minimum absolute atomic E-state index is 0.0558. The summed E-state index contributed by atoms with van der Waals surface area (Å²) >= 11 is 0. The molecule has 0 amide bonds. The summed E-state index contributed by atoms with van der Waals surface area (Å²) in [6.07, 6.45) is 0. The molecule has 0 radical (unpaired) electrons. The number of hydrogen-bond donors (Lipinski definition) is 0. The van der Waals surface area contributed by atoms with Crippen molar-refractivity contribution in [2.45, 2.75) is 5.92 Å². The van der Waals surface area contributed by atoms with Crippen LogP contribution in [0.15, 0.2) is 33.9 Å². The van der Waals surface area contributed by atoms with Crippen LogP contribution in [0.4, 0.5) is 0 Å². The second kappa shape index (κ2) is 5.87. The van der Waals surface area contributed by atoms with E-state index in [0.29, 0.717) is 10.9 Å². The minimum atomic E-state index is -1.31. The summed E-state index contributed by atoms with van der Waals surface area (Å²) in [5.74, 6) is -2.10. The van der Waals surface area contributed by atoms with E-state index in [-0.39, 0.29) is 16.6 Å². The molecular formula is C17H14N4O4. The lowest BCUT2D eigenvalue weighted by atomic mass is 9.93. The Morgan fingerprint density at radius 2 is 1.92 bits per heavy atom. The van der Waals surface area contributed by atoms with Gasteiger partial charge >= 0.3 is 11.7 Å². The molecule has 0 aliphatic rings. The van der Waals surface area contributed by atoms with Crippen molar-refractivity contribution >= 4 is 27.9 Å². The Morgan fingerprint density at radius 3 is 2.56 bits per heavy atom. The third kappa shape index (κ3) is 2.29. The fourth-order valence-corrected chi connectivity index (χ4v) is 2.90. The molecule has 126 valence electrons. The Balaban J connectivity index is 2.68. The van der Waals surface area contributed by atoms with E-state index in [4.69, 9.17) is 4.74 Å². The molecular weight excluding hydrogens is 324 g/mol. The van der Waals surface area contributed by atoms with Gasteiger partial charge in [-0.3, -0.25) is 18.7 Å². The molecule has 1 aromatic carbocycles.